The quantitative estimate of drug-likeness (QED) is 0.566. The molecule has 3 aromatic rings. The van der Waals surface area contributed by atoms with Gasteiger partial charge >= 0.3 is 0 Å². The molecule has 1 heterocycles. The molecule has 1 atom stereocenters. The van der Waals surface area contributed by atoms with Gasteiger partial charge in [-0.3, -0.25) is 0 Å². The minimum absolute atomic E-state index is 0.0259. The van der Waals surface area contributed by atoms with Crippen LogP contribution in [-0.2, 0) is 19.9 Å². The Morgan fingerprint density at radius 1 is 1.00 bits per heavy atom. The molecule has 0 saturated carbocycles. The molecule has 0 bridgehead atoms. The highest BCUT2D eigenvalue weighted by atomic mass is 32.2. The highest BCUT2D eigenvalue weighted by Gasteiger charge is 2.32. The maximum atomic E-state index is 13.2. The Hall–Kier alpha value is -2.20. The van der Waals surface area contributed by atoms with E-state index in [1.165, 1.54) is 36.6 Å². The number of thiophene rings is 1. The van der Waals surface area contributed by atoms with Gasteiger partial charge in [-0.1, -0.05) is 30.3 Å². The lowest BCUT2D eigenvalue weighted by atomic mass is 10.2. The number of ether oxygens (including phenoxy) is 1. The van der Waals surface area contributed by atoms with Gasteiger partial charge in [0.05, 0.1) is 12.0 Å². The number of rotatable bonds is 8. The molecule has 0 aliphatic rings. The average molecular weight is 452 g/mol. The Balaban J connectivity index is 1.96. The van der Waals surface area contributed by atoms with E-state index in [4.69, 9.17) is 4.74 Å². The number of sulfonamides is 1. The number of methoxy groups -OCH3 is 1. The van der Waals surface area contributed by atoms with Gasteiger partial charge < -0.3 is 4.74 Å². The predicted octanol–water partition coefficient (Wildman–Crippen LogP) is 3.56. The van der Waals surface area contributed by atoms with Crippen LogP contribution in [0.1, 0.15) is 15.7 Å². The molecule has 3 rings (SSSR count). The molecule has 0 amide bonds. The second-order valence-electron chi connectivity index (χ2n) is 6.37. The first kappa shape index (κ1) is 21.5. The van der Waals surface area contributed by atoms with E-state index in [9.17, 15) is 16.8 Å². The largest absolute Gasteiger partial charge is 0.495 e. The maximum absolute atomic E-state index is 13.2. The van der Waals surface area contributed by atoms with Crippen molar-refractivity contribution in [2.24, 2.45) is 0 Å². The maximum Gasteiger partial charge on any atom is 0.244 e. The fourth-order valence-corrected chi connectivity index (χ4v) is 7.08. The zero-order valence-corrected chi connectivity index (χ0v) is 18.4. The Kier molecular flexibility index (Phi) is 6.42. The van der Waals surface area contributed by atoms with E-state index in [0.29, 0.717) is 4.88 Å². The van der Waals surface area contributed by atoms with Gasteiger partial charge in [0.15, 0.2) is 9.84 Å². The standard InChI is InChI=1S/C20H21NO5S3/c1-15-10-11-17(26-2)19(13-15)29(24,25)21-14-20(18-9-6-12-27-18)28(22,23)16-7-4-3-5-8-16/h3-13,20-21H,14H2,1-2H3/t20-/m0/s1. The number of hydrogen-bond acceptors (Lipinski definition) is 6. The first-order valence-corrected chi connectivity index (χ1v) is 12.6. The Morgan fingerprint density at radius 2 is 1.72 bits per heavy atom. The van der Waals surface area contributed by atoms with Crippen molar-refractivity contribution in [2.45, 2.75) is 22.0 Å². The van der Waals surface area contributed by atoms with E-state index < -0.39 is 25.1 Å². The third-order valence-electron chi connectivity index (χ3n) is 4.37. The van der Waals surface area contributed by atoms with E-state index in [1.54, 1.807) is 54.8 Å². The first-order valence-electron chi connectivity index (χ1n) is 8.72. The molecule has 2 aromatic carbocycles. The van der Waals surface area contributed by atoms with Gasteiger partial charge in [0.2, 0.25) is 10.0 Å². The van der Waals surface area contributed by atoms with E-state index in [0.717, 1.165) is 5.56 Å². The molecule has 154 valence electrons. The summed E-state index contributed by atoms with van der Waals surface area (Å²) in [5.41, 5.74) is 0.748. The van der Waals surface area contributed by atoms with Gasteiger partial charge in [-0.05, 0) is 48.2 Å². The van der Waals surface area contributed by atoms with Crippen LogP contribution in [0, 0.1) is 6.92 Å². The van der Waals surface area contributed by atoms with Gasteiger partial charge in [-0.2, -0.15) is 0 Å². The summed E-state index contributed by atoms with van der Waals surface area (Å²) in [6, 6.07) is 16.3. The van der Waals surface area contributed by atoms with Crippen LogP contribution in [0.25, 0.3) is 0 Å². The Morgan fingerprint density at radius 3 is 2.34 bits per heavy atom. The Labute approximate surface area is 175 Å². The highest BCUT2D eigenvalue weighted by Crippen LogP contribution is 2.32. The molecule has 29 heavy (non-hydrogen) atoms. The van der Waals surface area contributed by atoms with Crippen molar-refractivity contribution < 1.29 is 21.6 Å². The minimum Gasteiger partial charge on any atom is -0.495 e. The number of aryl methyl sites for hydroxylation is 1. The van der Waals surface area contributed by atoms with Crippen LogP contribution in [0.5, 0.6) is 5.75 Å². The summed E-state index contributed by atoms with van der Waals surface area (Å²) in [6.07, 6.45) is 0. The lowest BCUT2D eigenvalue weighted by Crippen LogP contribution is -2.32. The van der Waals surface area contributed by atoms with E-state index >= 15 is 0 Å². The molecule has 0 fully saturated rings. The second kappa shape index (κ2) is 8.66. The monoisotopic (exact) mass is 451 g/mol. The van der Waals surface area contributed by atoms with Crippen molar-refractivity contribution in [1.29, 1.82) is 0 Å². The van der Waals surface area contributed by atoms with Gasteiger partial charge in [0.25, 0.3) is 0 Å². The van der Waals surface area contributed by atoms with Crippen molar-refractivity contribution in [2.75, 3.05) is 13.7 Å². The van der Waals surface area contributed by atoms with Crippen LogP contribution >= 0.6 is 11.3 Å². The van der Waals surface area contributed by atoms with Crippen molar-refractivity contribution in [1.82, 2.24) is 4.72 Å². The van der Waals surface area contributed by atoms with Gasteiger partial charge in [0, 0.05) is 11.4 Å². The number of sulfone groups is 1. The average Bonchev–Trinajstić information content (AvgIpc) is 3.23. The summed E-state index contributed by atoms with van der Waals surface area (Å²) in [6.45, 7) is 1.48. The van der Waals surface area contributed by atoms with Gasteiger partial charge in [0.1, 0.15) is 15.9 Å². The molecule has 0 unspecified atom stereocenters. The molecule has 9 heteroatoms. The van der Waals surface area contributed by atoms with Crippen LogP contribution in [0.4, 0.5) is 0 Å². The lowest BCUT2D eigenvalue weighted by molar-refractivity contribution is 0.402. The summed E-state index contributed by atoms with van der Waals surface area (Å²) in [5.74, 6) is 0.196. The number of hydrogen-bond donors (Lipinski definition) is 1. The van der Waals surface area contributed by atoms with Crippen molar-refractivity contribution in [3.8, 4) is 5.75 Å². The molecule has 0 aliphatic carbocycles. The van der Waals surface area contributed by atoms with Crippen LogP contribution in [0.3, 0.4) is 0 Å². The Bertz CT molecular complexity index is 1170. The topological polar surface area (TPSA) is 89.5 Å². The molecule has 0 spiro atoms. The van der Waals surface area contributed by atoms with Crippen LogP contribution in [-0.4, -0.2) is 30.5 Å². The third-order valence-corrected chi connectivity index (χ3v) is 9.05. The molecule has 1 aromatic heterocycles. The summed E-state index contributed by atoms with van der Waals surface area (Å²) in [4.78, 5) is 0.681. The zero-order chi connectivity index (χ0) is 21.1. The second-order valence-corrected chi connectivity index (χ2v) is 11.2. The molecule has 0 saturated heterocycles. The molecule has 1 N–H and O–H groups in total. The molecule has 0 aliphatic heterocycles. The van der Waals surface area contributed by atoms with Crippen molar-refractivity contribution >= 4 is 31.2 Å². The smallest absolute Gasteiger partial charge is 0.244 e. The van der Waals surface area contributed by atoms with Crippen molar-refractivity contribution in [3.63, 3.8) is 0 Å². The van der Waals surface area contributed by atoms with E-state index in [1.807, 2.05) is 0 Å². The molecule has 6 nitrogen and oxygen atoms in total. The summed E-state index contributed by atoms with van der Waals surface area (Å²) < 4.78 is 59.9. The van der Waals surface area contributed by atoms with Crippen LogP contribution in [0.2, 0.25) is 0 Å². The van der Waals surface area contributed by atoms with Gasteiger partial charge in [-0.25, -0.2) is 21.6 Å². The zero-order valence-electron chi connectivity index (χ0n) is 15.9. The first-order chi connectivity index (χ1) is 13.8. The van der Waals surface area contributed by atoms with Crippen molar-refractivity contribution in [3.05, 3.63) is 76.5 Å². The fraction of sp³-hybridized carbons (Fsp3) is 0.200. The molecular formula is C20H21NO5S3. The number of benzene rings is 2. The van der Waals surface area contributed by atoms with E-state index in [-0.39, 0.29) is 22.1 Å². The normalized spacial score (nSPS) is 13.2. The predicted molar refractivity (Wildman–Crippen MR) is 114 cm³/mol. The van der Waals surface area contributed by atoms with Gasteiger partial charge in [-0.15, -0.1) is 11.3 Å². The van der Waals surface area contributed by atoms with Crippen LogP contribution < -0.4 is 9.46 Å². The lowest BCUT2D eigenvalue weighted by Gasteiger charge is -2.18. The molecular weight excluding hydrogens is 430 g/mol. The van der Waals surface area contributed by atoms with Crippen LogP contribution in [0.15, 0.2) is 75.8 Å². The van der Waals surface area contributed by atoms with E-state index in [2.05, 4.69) is 4.72 Å². The summed E-state index contributed by atoms with van der Waals surface area (Å²) >= 11 is 1.27. The summed E-state index contributed by atoms with van der Waals surface area (Å²) in [5, 5.41) is 0.719. The fourth-order valence-electron chi connectivity index (χ4n) is 2.87. The summed E-state index contributed by atoms with van der Waals surface area (Å²) in [7, 11) is -6.40. The number of nitrogens with one attached hydrogen (secondary N) is 1. The molecule has 0 radical (unpaired) electrons. The minimum atomic E-state index is -3.99. The SMILES string of the molecule is COc1ccc(C)cc1S(=O)(=O)NC[C@@H](c1cccs1)S(=O)(=O)c1ccccc1. The highest BCUT2D eigenvalue weighted by molar-refractivity contribution is 7.92. The third kappa shape index (κ3) is 4.69.